The zero-order valence-corrected chi connectivity index (χ0v) is 23.7. The molecule has 1 aromatic rings. The van der Waals surface area contributed by atoms with E-state index in [1.54, 1.807) is 13.8 Å². The average Bonchev–Trinajstić information content (AvgIpc) is 3.21. The van der Waals surface area contributed by atoms with Gasteiger partial charge in [0.15, 0.2) is 6.10 Å². The highest BCUT2D eigenvalue weighted by Gasteiger charge is 2.69. The summed E-state index contributed by atoms with van der Waals surface area (Å²) >= 11 is 0. The van der Waals surface area contributed by atoms with Gasteiger partial charge in [-0.1, -0.05) is 27.7 Å². The number of halogens is 3. The molecule has 0 aromatic heterocycles. The van der Waals surface area contributed by atoms with Gasteiger partial charge in [0.05, 0.1) is 11.8 Å². The molecule has 6 atom stereocenters. The van der Waals surface area contributed by atoms with Crippen molar-refractivity contribution >= 4 is 29.3 Å². The summed E-state index contributed by atoms with van der Waals surface area (Å²) in [6.45, 7) is 7.68. The molecule has 4 aliphatic rings. The number of fused-ring (bicyclic) bond motifs is 2. The zero-order valence-electron chi connectivity index (χ0n) is 23.7. The van der Waals surface area contributed by atoms with Crippen molar-refractivity contribution in [2.75, 3.05) is 11.9 Å². The number of carbonyl (C=O) groups is 4. The molecule has 0 radical (unpaired) electrons. The first kappa shape index (κ1) is 29.7. The molecule has 1 aromatic carbocycles. The van der Waals surface area contributed by atoms with Gasteiger partial charge in [0, 0.05) is 37.8 Å². The summed E-state index contributed by atoms with van der Waals surface area (Å²) in [6, 6.07) is 2.48. The van der Waals surface area contributed by atoms with E-state index in [2.05, 4.69) is 16.0 Å². The number of rotatable bonds is 8. The van der Waals surface area contributed by atoms with Gasteiger partial charge in [-0.15, -0.1) is 0 Å². The monoisotopic (exact) mass is 589 g/mol. The first-order chi connectivity index (χ1) is 19.6. The quantitative estimate of drug-likeness (QED) is 0.426. The number of nitriles is 1. The zero-order chi connectivity index (χ0) is 30.7. The lowest BCUT2D eigenvalue weighted by molar-refractivity contribution is -0.154. The highest BCUT2D eigenvalue weighted by molar-refractivity contribution is 5.98. The molecule has 1 saturated heterocycles. The fourth-order valence-corrected chi connectivity index (χ4v) is 6.51. The SMILES string of the molecule is CC(C)[C@H](NC(=O)C1CC(F)(F)C1)C(=O)N1C[C@H]2[C@@H]([C@H]1C(=O)N[C@H](C#N)C[C@@H]1Oc3cc(F)ccc3NC1=O)C2(C)C. The van der Waals surface area contributed by atoms with E-state index in [0.29, 0.717) is 0 Å². The summed E-state index contributed by atoms with van der Waals surface area (Å²) in [4.78, 5) is 54.0. The predicted molar refractivity (Wildman–Crippen MR) is 142 cm³/mol. The topological polar surface area (TPSA) is 141 Å². The van der Waals surface area contributed by atoms with Crippen molar-refractivity contribution < 1.29 is 37.1 Å². The number of hydrogen-bond donors (Lipinski definition) is 3. The maximum absolute atomic E-state index is 13.7. The van der Waals surface area contributed by atoms with Crippen LogP contribution in [0.1, 0.15) is 47.0 Å². The van der Waals surface area contributed by atoms with Crippen molar-refractivity contribution in [2.45, 2.75) is 77.1 Å². The lowest BCUT2D eigenvalue weighted by Gasteiger charge is -2.37. The largest absolute Gasteiger partial charge is 0.478 e. The van der Waals surface area contributed by atoms with Crippen LogP contribution in [0.15, 0.2) is 18.2 Å². The molecular formula is C29H34F3N5O5. The lowest BCUT2D eigenvalue weighted by Crippen LogP contribution is -2.59. The molecule has 13 heteroatoms. The van der Waals surface area contributed by atoms with Crippen molar-refractivity contribution in [2.24, 2.45) is 29.1 Å². The minimum absolute atomic E-state index is 0.0189. The minimum atomic E-state index is -2.88. The van der Waals surface area contributed by atoms with Crippen molar-refractivity contribution in [3.63, 3.8) is 0 Å². The fourth-order valence-electron chi connectivity index (χ4n) is 6.51. The number of nitrogens with one attached hydrogen (secondary N) is 3. The molecular weight excluding hydrogens is 555 g/mol. The highest BCUT2D eigenvalue weighted by Crippen LogP contribution is 2.65. The van der Waals surface area contributed by atoms with Crippen LogP contribution in [0.4, 0.5) is 18.9 Å². The van der Waals surface area contributed by atoms with Gasteiger partial charge in [0.1, 0.15) is 29.7 Å². The molecule has 0 spiro atoms. The smallest absolute Gasteiger partial charge is 0.265 e. The van der Waals surface area contributed by atoms with E-state index in [4.69, 9.17) is 4.74 Å². The van der Waals surface area contributed by atoms with Crippen molar-refractivity contribution in [1.29, 1.82) is 5.26 Å². The van der Waals surface area contributed by atoms with E-state index in [1.165, 1.54) is 17.0 Å². The van der Waals surface area contributed by atoms with E-state index < -0.39 is 78.4 Å². The Morgan fingerprint density at radius 3 is 2.50 bits per heavy atom. The van der Waals surface area contributed by atoms with Crippen LogP contribution in [0.25, 0.3) is 0 Å². The Bertz CT molecular complexity index is 1350. The number of hydrogen-bond acceptors (Lipinski definition) is 6. The number of nitrogens with zero attached hydrogens (tertiary/aromatic N) is 2. The summed E-state index contributed by atoms with van der Waals surface area (Å²) in [5.74, 6) is -7.02. The molecule has 2 saturated carbocycles. The van der Waals surface area contributed by atoms with Crippen LogP contribution in [0, 0.1) is 46.2 Å². The summed E-state index contributed by atoms with van der Waals surface area (Å²) < 4.78 is 46.0. The molecule has 42 heavy (non-hydrogen) atoms. The number of alkyl halides is 2. The van der Waals surface area contributed by atoms with Crippen molar-refractivity contribution in [3.8, 4) is 11.8 Å². The van der Waals surface area contributed by atoms with Gasteiger partial charge >= 0.3 is 0 Å². The second kappa shape index (κ2) is 10.5. The summed E-state index contributed by atoms with van der Waals surface area (Å²) in [7, 11) is 0. The van der Waals surface area contributed by atoms with Crippen LogP contribution in [0.5, 0.6) is 5.75 Å². The van der Waals surface area contributed by atoms with Crippen LogP contribution >= 0.6 is 0 Å². The van der Waals surface area contributed by atoms with E-state index in [9.17, 15) is 37.6 Å². The number of piperidine rings is 1. The lowest BCUT2D eigenvalue weighted by atomic mass is 9.80. The maximum atomic E-state index is 13.7. The van der Waals surface area contributed by atoms with Gasteiger partial charge in [-0.25, -0.2) is 13.2 Å². The van der Waals surface area contributed by atoms with Gasteiger partial charge < -0.3 is 25.6 Å². The molecule has 2 aliphatic heterocycles. The predicted octanol–water partition coefficient (Wildman–Crippen LogP) is 2.59. The molecule has 10 nitrogen and oxygen atoms in total. The number of anilines is 1. The standard InChI is InChI=1S/C29H34F3N5O5/c1-13(2)22(36-24(38)14-9-29(31,32)10-14)27(41)37-12-17-21(28(17,3)4)23(37)26(40)34-16(11-33)8-20-25(39)35-18-6-5-15(30)7-19(18)42-20/h5-7,13-14,16-17,20-23H,8-10,12H2,1-4H3,(H,34,40)(H,35,39)(H,36,38)/t16-,17-,20-,21-,22-,23-/m0/s1. The van der Waals surface area contributed by atoms with Crippen LogP contribution in [0.3, 0.4) is 0 Å². The van der Waals surface area contributed by atoms with Gasteiger partial charge in [-0.3, -0.25) is 19.2 Å². The Morgan fingerprint density at radius 2 is 1.88 bits per heavy atom. The Kier molecular flexibility index (Phi) is 7.39. The third-order valence-corrected chi connectivity index (χ3v) is 9.14. The number of ether oxygens (including phenoxy) is 1. The van der Waals surface area contributed by atoms with Crippen molar-refractivity contribution in [3.05, 3.63) is 24.0 Å². The fraction of sp³-hybridized carbons (Fsp3) is 0.621. The summed E-state index contributed by atoms with van der Waals surface area (Å²) in [6.07, 6.45) is -2.53. The third-order valence-electron chi connectivity index (χ3n) is 9.14. The average molecular weight is 590 g/mol. The molecule has 226 valence electrons. The first-order valence-corrected chi connectivity index (χ1v) is 14.1. The van der Waals surface area contributed by atoms with Gasteiger partial charge in [-0.05, 0) is 35.3 Å². The molecule has 5 rings (SSSR count). The van der Waals surface area contributed by atoms with E-state index in [1.807, 2.05) is 19.9 Å². The van der Waals surface area contributed by atoms with Crippen LogP contribution in [-0.2, 0) is 19.2 Å². The van der Waals surface area contributed by atoms with Gasteiger partial charge in [-0.2, -0.15) is 5.26 Å². The Labute approximate surface area is 241 Å². The molecule has 2 heterocycles. The van der Waals surface area contributed by atoms with E-state index in [-0.39, 0.29) is 47.6 Å². The molecule has 3 N–H and O–H groups in total. The molecule has 3 fully saturated rings. The third kappa shape index (κ3) is 5.39. The second-order valence-corrected chi connectivity index (χ2v) is 12.7. The Balaban J connectivity index is 1.28. The van der Waals surface area contributed by atoms with E-state index >= 15 is 0 Å². The number of benzene rings is 1. The summed E-state index contributed by atoms with van der Waals surface area (Å²) in [5.41, 5.74) is 0.0462. The molecule has 2 aliphatic carbocycles. The minimum Gasteiger partial charge on any atom is -0.478 e. The second-order valence-electron chi connectivity index (χ2n) is 12.7. The molecule has 0 unspecified atom stereocenters. The van der Waals surface area contributed by atoms with Gasteiger partial charge in [0.25, 0.3) is 5.91 Å². The Morgan fingerprint density at radius 1 is 1.19 bits per heavy atom. The number of carbonyl (C=O) groups excluding carboxylic acids is 4. The normalized spacial score (nSPS) is 28.2. The van der Waals surface area contributed by atoms with Gasteiger partial charge in [0.2, 0.25) is 23.6 Å². The molecule has 4 amide bonds. The van der Waals surface area contributed by atoms with Crippen molar-refractivity contribution in [1.82, 2.24) is 15.5 Å². The number of likely N-dealkylation sites (tertiary alicyclic amines) is 1. The van der Waals surface area contributed by atoms with Crippen LogP contribution in [0.2, 0.25) is 0 Å². The van der Waals surface area contributed by atoms with E-state index in [0.717, 1.165) is 6.07 Å². The number of amides is 4. The maximum Gasteiger partial charge on any atom is 0.265 e. The first-order valence-electron chi connectivity index (χ1n) is 14.1. The summed E-state index contributed by atoms with van der Waals surface area (Å²) in [5, 5.41) is 17.7. The Hall–Kier alpha value is -3.82. The van der Waals surface area contributed by atoms with Crippen LogP contribution in [-0.4, -0.2) is 65.2 Å². The molecule has 0 bridgehead atoms. The highest BCUT2D eigenvalue weighted by atomic mass is 19.3. The van der Waals surface area contributed by atoms with Crippen LogP contribution < -0.4 is 20.7 Å².